The van der Waals surface area contributed by atoms with Gasteiger partial charge in [-0.25, -0.2) is 0 Å². The highest BCUT2D eigenvalue weighted by Gasteiger charge is 2.08. The smallest absolute Gasteiger partial charge is 0.251 e. The van der Waals surface area contributed by atoms with Crippen LogP contribution < -0.4 is 10.2 Å². The number of nitrogens with zero attached hydrogens (tertiary/aromatic N) is 4. The Bertz CT molecular complexity index is 825. The Morgan fingerprint density at radius 3 is 2.71 bits per heavy atom. The molecule has 0 aliphatic heterocycles. The molecular weight excluding hydrogens is 302 g/mol. The predicted octanol–water partition coefficient (Wildman–Crippen LogP) is 2.16. The Kier molecular flexibility index (Phi) is 4.74. The third kappa shape index (κ3) is 3.37. The normalized spacial score (nSPS) is 10.8. The lowest BCUT2D eigenvalue weighted by atomic mass is 10.2. The number of fused-ring (bicyclic) bond motifs is 1. The van der Waals surface area contributed by atoms with E-state index in [1.54, 1.807) is 0 Å². The van der Waals surface area contributed by atoms with Crippen LogP contribution in [-0.4, -0.2) is 40.6 Å². The molecule has 0 atom stereocenters. The first-order chi connectivity index (χ1) is 11.7. The molecule has 24 heavy (non-hydrogen) atoms. The summed E-state index contributed by atoms with van der Waals surface area (Å²) < 4.78 is 1.93. The lowest BCUT2D eigenvalue weighted by molar-refractivity contribution is 0.0954. The molecular formula is C18H21N5O. The van der Waals surface area contributed by atoms with Gasteiger partial charge in [-0.3, -0.25) is 9.20 Å². The van der Waals surface area contributed by atoms with Crippen molar-refractivity contribution in [2.24, 2.45) is 0 Å². The van der Waals surface area contributed by atoms with Crippen molar-refractivity contribution >= 4 is 17.2 Å². The van der Waals surface area contributed by atoms with Gasteiger partial charge in [-0.15, -0.1) is 10.2 Å². The lowest BCUT2D eigenvalue weighted by Gasteiger charge is -2.16. The van der Waals surface area contributed by atoms with Crippen molar-refractivity contribution in [1.29, 1.82) is 0 Å². The van der Waals surface area contributed by atoms with Crippen LogP contribution in [-0.2, 0) is 6.42 Å². The highest BCUT2D eigenvalue weighted by Crippen LogP contribution is 2.13. The lowest BCUT2D eigenvalue weighted by Crippen LogP contribution is -2.26. The van der Waals surface area contributed by atoms with Gasteiger partial charge in [0, 0.05) is 44.0 Å². The number of hydrogen-bond acceptors (Lipinski definition) is 4. The van der Waals surface area contributed by atoms with Gasteiger partial charge < -0.3 is 10.2 Å². The average Bonchev–Trinajstić information content (AvgIpc) is 3.04. The monoisotopic (exact) mass is 323 g/mol. The summed E-state index contributed by atoms with van der Waals surface area (Å²) in [6.45, 7) is 3.54. The molecule has 0 spiro atoms. The largest absolute Gasteiger partial charge is 0.375 e. The van der Waals surface area contributed by atoms with Gasteiger partial charge in [0.15, 0.2) is 5.65 Å². The summed E-state index contributed by atoms with van der Waals surface area (Å²) in [7, 11) is 2.03. The molecule has 6 heteroatoms. The molecule has 0 aliphatic carbocycles. The first kappa shape index (κ1) is 16.0. The molecule has 1 N–H and O–H groups in total. The second-order valence-corrected chi connectivity index (χ2v) is 5.61. The number of aromatic nitrogens is 3. The topological polar surface area (TPSA) is 62.5 Å². The van der Waals surface area contributed by atoms with E-state index in [-0.39, 0.29) is 5.91 Å². The Balaban J connectivity index is 1.57. The summed E-state index contributed by atoms with van der Waals surface area (Å²) in [6.07, 6.45) is 2.56. The second kappa shape index (κ2) is 7.12. The maximum absolute atomic E-state index is 12.2. The fraction of sp³-hybridized carbons (Fsp3) is 0.278. The summed E-state index contributed by atoms with van der Waals surface area (Å²) in [5, 5.41) is 11.2. The van der Waals surface area contributed by atoms with Gasteiger partial charge in [-0.05, 0) is 43.3 Å². The van der Waals surface area contributed by atoms with E-state index >= 15 is 0 Å². The van der Waals surface area contributed by atoms with E-state index in [1.807, 2.05) is 60.1 Å². The predicted molar refractivity (Wildman–Crippen MR) is 94.4 cm³/mol. The molecule has 6 nitrogen and oxygen atoms in total. The van der Waals surface area contributed by atoms with E-state index < -0.39 is 0 Å². The van der Waals surface area contributed by atoms with Crippen LogP contribution in [0.2, 0.25) is 0 Å². The summed E-state index contributed by atoms with van der Waals surface area (Å²) in [5.74, 6) is 0.764. The number of anilines is 1. The van der Waals surface area contributed by atoms with E-state index in [1.165, 1.54) is 0 Å². The van der Waals surface area contributed by atoms with Crippen LogP contribution in [0.25, 0.3) is 5.65 Å². The van der Waals surface area contributed by atoms with Gasteiger partial charge >= 0.3 is 0 Å². The van der Waals surface area contributed by atoms with Crippen molar-refractivity contribution < 1.29 is 4.79 Å². The molecule has 0 aliphatic rings. The minimum Gasteiger partial charge on any atom is -0.375 e. The fourth-order valence-electron chi connectivity index (χ4n) is 2.50. The molecule has 0 radical (unpaired) electrons. The number of carbonyl (C=O) groups excluding carboxylic acids is 1. The Labute approximate surface area is 141 Å². The second-order valence-electron chi connectivity index (χ2n) is 5.61. The Morgan fingerprint density at radius 1 is 1.17 bits per heavy atom. The van der Waals surface area contributed by atoms with Gasteiger partial charge in [0.1, 0.15) is 5.82 Å². The van der Waals surface area contributed by atoms with E-state index in [9.17, 15) is 4.79 Å². The SMILES string of the molecule is CCN(C)c1ccc(C(=O)NCCc2nnc3ccccn23)cc1. The van der Waals surface area contributed by atoms with Crippen LogP contribution in [0.5, 0.6) is 0 Å². The molecule has 2 aromatic heterocycles. The quantitative estimate of drug-likeness (QED) is 0.755. The molecule has 0 saturated carbocycles. The van der Waals surface area contributed by atoms with Crippen molar-refractivity contribution in [3.05, 3.63) is 60.0 Å². The van der Waals surface area contributed by atoms with Gasteiger partial charge in [0.2, 0.25) is 0 Å². The Hall–Kier alpha value is -2.89. The number of nitrogens with one attached hydrogen (secondary N) is 1. The third-order valence-corrected chi connectivity index (χ3v) is 4.06. The van der Waals surface area contributed by atoms with Crippen molar-refractivity contribution in [2.75, 3.05) is 25.0 Å². The standard InChI is InChI=1S/C18H21N5O/c1-3-22(2)15-9-7-14(8-10-15)18(24)19-12-11-17-21-20-16-6-4-5-13-23(16)17/h4-10,13H,3,11-12H2,1-2H3,(H,19,24). The highest BCUT2D eigenvalue weighted by atomic mass is 16.1. The molecule has 3 rings (SSSR count). The maximum Gasteiger partial charge on any atom is 0.251 e. The minimum absolute atomic E-state index is 0.0745. The van der Waals surface area contributed by atoms with Crippen molar-refractivity contribution in [1.82, 2.24) is 19.9 Å². The van der Waals surface area contributed by atoms with Crippen LogP contribution in [0.1, 0.15) is 23.1 Å². The number of amides is 1. The molecule has 0 saturated heterocycles. The van der Waals surface area contributed by atoms with Crippen LogP contribution in [0, 0.1) is 0 Å². The van der Waals surface area contributed by atoms with Crippen molar-refractivity contribution in [2.45, 2.75) is 13.3 Å². The zero-order valence-corrected chi connectivity index (χ0v) is 13.9. The van der Waals surface area contributed by atoms with Gasteiger partial charge in [-0.2, -0.15) is 0 Å². The van der Waals surface area contributed by atoms with E-state index in [0.717, 1.165) is 23.7 Å². The molecule has 0 unspecified atom stereocenters. The molecule has 0 fully saturated rings. The van der Waals surface area contributed by atoms with Crippen molar-refractivity contribution in [3.63, 3.8) is 0 Å². The van der Waals surface area contributed by atoms with Gasteiger partial charge in [0.25, 0.3) is 5.91 Å². The first-order valence-electron chi connectivity index (χ1n) is 8.07. The van der Waals surface area contributed by atoms with E-state index in [0.29, 0.717) is 18.5 Å². The molecule has 124 valence electrons. The molecule has 2 heterocycles. The van der Waals surface area contributed by atoms with Gasteiger partial charge in [0.05, 0.1) is 0 Å². The first-order valence-corrected chi connectivity index (χ1v) is 8.07. The molecule has 1 amide bonds. The van der Waals surface area contributed by atoms with Crippen LogP contribution in [0.15, 0.2) is 48.7 Å². The summed E-state index contributed by atoms with van der Waals surface area (Å²) in [5.41, 5.74) is 2.58. The van der Waals surface area contributed by atoms with Crippen LogP contribution >= 0.6 is 0 Å². The summed E-state index contributed by atoms with van der Waals surface area (Å²) in [6, 6.07) is 13.4. The number of benzene rings is 1. The molecule has 1 aromatic carbocycles. The maximum atomic E-state index is 12.2. The van der Waals surface area contributed by atoms with Crippen LogP contribution in [0.3, 0.4) is 0 Å². The zero-order chi connectivity index (χ0) is 16.9. The number of hydrogen-bond donors (Lipinski definition) is 1. The molecule has 0 bridgehead atoms. The Morgan fingerprint density at radius 2 is 1.96 bits per heavy atom. The fourth-order valence-corrected chi connectivity index (χ4v) is 2.50. The molecule has 3 aromatic rings. The zero-order valence-electron chi connectivity index (χ0n) is 13.9. The summed E-state index contributed by atoms with van der Waals surface area (Å²) >= 11 is 0. The average molecular weight is 323 g/mol. The summed E-state index contributed by atoms with van der Waals surface area (Å²) in [4.78, 5) is 14.3. The third-order valence-electron chi connectivity index (χ3n) is 4.06. The van der Waals surface area contributed by atoms with E-state index in [2.05, 4.69) is 27.3 Å². The minimum atomic E-state index is -0.0745. The van der Waals surface area contributed by atoms with Crippen molar-refractivity contribution in [3.8, 4) is 0 Å². The van der Waals surface area contributed by atoms with Crippen LogP contribution in [0.4, 0.5) is 5.69 Å². The highest BCUT2D eigenvalue weighted by molar-refractivity contribution is 5.94. The van der Waals surface area contributed by atoms with E-state index in [4.69, 9.17) is 0 Å². The van der Waals surface area contributed by atoms with Gasteiger partial charge in [-0.1, -0.05) is 6.07 Å². The number of rotatable bonds is 6. The number of pyridine rings is 1. The number of carbonyl (C=O) groups is 1.